The van der Waals surface area contributed by atoms with Crippen LogP contribution < -0.4 is 0 Å². The molecule has 0 saturated carbocycles. The second-order valence-electron chi connectivity index (χ2n) is 4.37. The van der Waals surface area contributed by atoms with Crippen molar-refractivity contribution in [2.75, 3.05) is 13.2 Å². The lowest BCUT2D eigenvalue weighted by atomic mass is 9.99. The van der Waals surface area contributed by atoms with Gasteiger partial charge in [0.15, 0.2) is 0 Å². The molecule has 86 valence electrons. The molecule has 1 amide bonds. The molecule has 3 nitrogen and oxygen atoms in total. The highest BCUT2D eigenvalue weighted by Gasteiger charge is 2.23. The average Bonchev–Trinajstić information content (AvgIpc) is 2.67. The number of hydroxylamine groups is 2. The quantitative estimate of drug-likeness (QED) is 0.725. The van der Waals surface area contributed by atoms with Crippen molar-refractivity contribution in [3.05, 3.63) is 34.4 Å². The summed E-state index contributed by atoms with van der Waals surface area (Å²) < 4.78 is 0. The zero-order valence-electron chi connectivity index (χ0n) is 10.0. The Kier molecular flexibility index (Phi) is 2.97. The van der Waals surface area contributed by atoms with E-state index in [-0.39, 0.29) is 5.91 Å². The summed E-state index contributed by atoms with van der Waals surface area (Å²) in [7, 11) is 0. The number of amides is 1. The lowest BCUT2D eigenvalue weighted by molar-refractivity contribution is -0.0769. The third-order valence-electron chi connectivity index (χ3n) is 2.87. The Labute approximate surface area is 96.0 Å². The fourth-order valence-electron chi connectivity index (χ4n) is 2.25. The molecule has 3 heteroatoms. The zero-order valence-corrected chi connectivity index (χ0v) is 10.0. The molecule has 0 aliphatic carbocycles. The highest BCUT2D eigenvalue weighted by molar-refractivity contribution is 5.96. The molecule has 0 unspecified atom stereocenters. The van der Waals surface area contributed by atoms with Crippen molar-refractivity contribution in [1.29, 1.82) is 0 Å². The predicted molar refractivity (Wildman–Crippen MR) is 62.3 cm³/mol. The van der Waals surface area contributed by atoms with Crippen LogP contribution in [0.25, 0.3) is 0 Å². The Bertz CT molecular complexity index is 397. The Hall–Kier alpha value is -1.35. The fraction of sp³-hybridized carbons (Fsp3) is 0.462. The molecular formula is C13H17NO2. The van der Waals surface area contributed by atoms with E-state index >= 15 is 0 Å². The van der Waals surface area contributed by atoms with Gasteiger partial charge < -0.3 is 0 Å². The van der Waals surface area contributed by atoms with Crippen LogP contribution in [0.3, 0.4) is 0 Å². The van der Waals surface area contributed by atoms with Gasteiger partial charge in [-0.05, 0) is 38.3 Å². The van der Waals surface area contributed by atoms with Gasteiger partial charge in [0.05, 0.1) is 13.2 Å². The van der Waals surface area contributed by atoms with Crippen molar-refractivity contribution in [3.8, 4) is 0 Å². The lowest BCUT2D eigenvalue weighted by Crippen LogP contribution is -2.27. The van der Waals surface area contributed by atoms with E-state index in [9.17, 15) is 4.79 Å². The van der Waals surface area contributed by atoms with Crippen LogP contribution in [0, 0.1) is 20.8 Å². The SMILES string of the molecule is Cc1cc(C)c(C(=O)N2CCCO2)c(C)c1. The molecule has 1 aliphatic rings. The van der Waals surface area contributed by atoms with E-state index in [1.54, 1.807) is 0 Å². The van der Waals surface area contributed by atoms with E-state index in [2.05, 4.69) is 0 Å². The van der Waals surface area contributed by atoms with Crippen molar-refractivity contribution >= 4 is 5.91 Å². The second kappa shape index (κ2) is 4.26. The molecule has 16 heavy (non-hydrogen) atoms. The molecule has 1 heterocycles. The monoisotopic (exact) mass is 219 g/mol. The minimum atomic E-state index is -0.00694. The normalized spacial score (nSPS) is 15.6. The largest absolute Gasteiger partial charge is 0.277 e. The number of carbonyl (C=O) groups is 1. The van der Waals surface area contributed by atoms with Gasteiger partial charge in [-0.3, -0.25) is 9.63 Å². The first-order valence-corrected chi connectivity index (χ1v) is 5.62. The third kappa shape index (κ3) is 1.95. The molecular weight excluding hydrogens is 202 g/mol. The number of hydrogen-bond donors (Lipinski definition) is 0. The van der Waals surface area contributed by atoms with Gasteiger partial charge in [0.1, 0.15) is 0 Å². The molecule has 0 atom stereocenters. The summed E-state index contributed by atoms with van der Waals surface area (Å²) in [6.45, 7) is 7.34. The van der Waals surface area contributed by atoms with Crippen LogP contribution in [-0.2, 0) is 4.84 Å². The van der Waals surface area contributed by atoms with E-state index in [1.807, 2.05) is 32.9 Å². The molecule has 0 bridgehead atoms. The Balaban J connectivity index is 2.35. The van der Waals surface area contributed by atoms with Crippen molar-refractivity contribution in [2.24, 2.45) is 0 Å². The first kappa shape index (κ1) is 11.1. The Morgan fingerprint density at radius 3 is 2.38 bits per heavy atom. The van der Waals surface area contributed by atoms with Gasteiger partial charge >= 0.3 is 0 Å². The van der Waals surface area contributed by atoms with E-state index in [0.29, 0.717) is 13.2 Å². The van der Waals surface area contributed by atoms with Crippen molar-refractivity contribution in [3.63, 3.8) is 0 Å². The van der Waals surface area contributed by atoms with Crippen LogP contribution in [0.15, 0.2) is 12.1 Å². The van der Waals surface area contributed by atoms with Gasteiger partial charge in [0.25, 0.3) is 5.91 Å². The minimum Gasteiger partial charge on any atom is -0.271 e. The maximum Gasteiger partial charge on any atom is 0.277 e. The van der Waals surface area contributed by atoms with Crippen molar-refractivity contribution in [2.45, 2.75) is 27.2 Å². The van der Waals surface area contributed by atoms with Gasteiger partial charge in [0, 0.05) is 5.56 Å². The Morgan fingerprint density at radius 1 is 1.25 bits per heavy atom. The number of rotatable bonds is 1. The smallest absolute Gasteiger partial charge is 0.271 e. The highest BCUT2D eigenvalue weighted by atomic mass is 16.7. The van der Waals surface area contributed by atoms with Crippen LogP contribution in [0.1, 0.15) is 33.5 Å². The van der Waals surface area contributed by atoms with Crippen molar-refractivity contribution < 1.29 is 9.63 Å². The van der Waals surface area contributed by atoms with Gasteiger partial charge in [-0.25, -0.2) is 5.06 Å². The summed E-state index contributed by atoms with van der Waals surface area (Å²) in [5, 5.41) is 1.48. The molecule has 0 aromatic heterocycles. The maximum absolute atomic E-state index is 12.2. The molecule has 2 rings (SSSR count). The van der Waals surface area contributed by atoms with Gasteiger partial charge in [-0.1, -0.05) is 17.7 Å². The first-order valence-electron chi connectivity index (χ1n) is 5.62. The number of nitrogens with zero attached hydrogens (tertiary/aromatic N) is 1. The zero-order chi connectivity index (χ0) is 11.7. The molecule has 1 saturated heterocycles. The third-order valence-corrected chi connectivity index (χ3v) is 2.87. The van der Waals surface area contributed by atoms with Gasteiger partial charge in [-0.2, -0.15) is 0 Å². The molecule has 1 fully saturated rings. The molecule has 0 spiro atoms. The van der Waals surface area contributed by atoms with E-state index in [0.717, 1.165) is 23.1 Å². The summed E-state index contributed by atoms with van der Waals surface area (Å²) >= 11 is 0. The van der Waals surface area contributed by atoms with Crippen LogP contribution in [0.5, 0.6) is 0 Å². The standard InChI is InChI=1S/C13H17NO2/c1-9-7-10(2)12(11(3)8-9)13(15)14-5-4-6-16-14/h7-8H,4-6H2,1-3H3. The molecule has 0 N–H and O–H groups in total. The summed E-state index contributed by atoms with van der Waals surface area (Å²) in [6, 6.07) is 4.08. The number of hydrogen-bond acceptors (Lipinski definition) is 2. The van der Waals surface area contributed by atoms with E-state index in [4.69, 9.17) is 4.84 Å². The van der Waals surface area contributed by atoms with E-state index < -0.39 is 0 Å². The highest BCUT2D eigenvalue weighted by Crippen LogP contribution is 2.20. The predicted octanol–water partition coefficient (Wildman–Crippen LogP) is 2.39. The average molecular weight is 219 g/mol. The fourth-order valence-corrected chi connectivity index (χ4v) is 2.25. The van der Waals surface area contributed by atoms with Crippen LogP contribution in [0.4, 0.5) is 0 Å². The number of aryl methyl sites for hydroxylation is 3. The summed E-state index contributed by atoms with van der Waals surface area (Å²) in [5.74, 6) is -0.00694. The van der Waals surface area contributed by atoms with Crippen molar-refractivity contribution in [1.82, 2.24) is 5.06 Å². The number of carbonyl (C=O) groups excluding carboxylic acids is 1. The summed E-state index contributed by atoms with van der Waals surface area (Å²) in [5.41, 5.74) is 4.03. The minimum absolute atomic E-state index is 0.00694. The lowest BCUT2D eigenvalue weighted by Gasteiger charge is -2.17. The number of benzene rings is 1. The molecule has 1 aromatic carbocycles. The maximum atomic E-state index is 12.2. The van der Waals surface area contributed by atoms with Crippen LogP contribution in [-0.4, -0.2) is 24.1 Å². The summed E-state index contributed by atoms with van der Waals surface area (Å²) in [6.07, 6.45) is 0.926. The molecule has 0 radical (unpaired) electrons. The van der Waals surface area contributed by atoms with Crippen LogP contribution >= 0.6 is 0 Å². The van der Waals surface area contributed by atoms with E-state index in [1.165, 1.54) is 10.6 Å². The van der Waals surface area contributed by atoms with Crippen LogP contribution in [0.2, 0.25) is 0 Å². The van der Waals surface area contributed by atoms with Gasteiger partial charge in [-0.15, -0.1) is 0 Å². The van der Waals surface area contributed by atoms with Gasteiger partial charge in [0.2, 0.25) is 0 Å². The molecule has 1 aromatic rings. The first-order chi connectivity index (χ1) is 7.59. The molecule has 1 aliphatic heterocycles. The second-order valence-corrected chi connectivity index (χ2v) is 4.37. The topological polar surface area (TPSA) is 29.5 Å². The summed E-state index contributed by atoms with van der Waals surface area (Å²) in [4.78, 5) is 17.5. The Morgan fingerprint density at radius 2 is 1.88 bits per heavy atom.